The van der Waals surface area contributed by atoms with Crippen molar-refractivity contribution in [3.63, 3.8) is 0 Å². The van der Waals surface area contributed by atoms with Gasteiger partial charge in [0, 0.05) is 11.6 Å². The fraction of sp³-hybridized carbons (Fsp3) is 0.208. The lowest BCUT2D eigenvalue weighted by Crippen LogP contribution is -2.05. The van der Waals surface area contributed by atoms with E-state index >= 15 is 0 Å². The van der Waals surface area contributed by atoms with Crippen molar-refractivity contribution in [1.29, 1.82) is 0 Å². The van der Waals surface area contributed by atoms with Gasteiger partial charge in [0.15, 0.2) is 16.7 Å². The average Bonchev–Trinajstić information content (AvgIpc) is 3.23. The fourth-order valence-corrected chi connectivity index (χ4v) is 4.18. The summed E-state index contributed by atoms with van der Waals surface area (Å²) in [5.74, 6) is 2.16. The number of methoxy groups -OCH3 is 1. The predicted molar refractivity (Wildman–Crippen MR) is 124 cm³/mol. The molecular formula is C24H23N3O4S. The first kappa shape index (κ1) is 21.7. The summed E-state index contributed by atoms with van der Waals surface area (Å²) in [5.41, 5.74) is 2.59. The molecule has 0 aliphatic carbocycles. The Labute approximate surface area is 189 Å². The lowest BCUT2D eigenvalue weighted by molar-refractivity contribution is 0.415. The van der Waals surface area contributed by atoms with Gasteiger partial charge in [-0.15, -0.1) is 10.2 Å². The van der Waals surface area contributed by atoms with E-state index in [1.54, 1.807) is 7.11 Å². The standard InChI is InChI=1S/C24H23N3O4S/c1-15(2)19-6-4-5-7-20(19)27-23(16-8-10-17(30-3)11-9-16)25-26-24(27)32-14-18-12-21(28)22(29)13-31-18/h4-13,15,29H,14H2,1-3H3. The SMILES string of the molecule is COc1ccc(-c2nnc(SCc3cc(=O)c(O)co3)n2-c2ccccc2C(C)C)cc1. The topological polar surface area (TPSA) is 90.4 Å². The fourth-order valence-electron chi connectivity index (χ4n) is 3.34. The van der Waals surface area contributed by atoms with Crippen LogP contribution in [0.4, 0.5) is 0 Å². The quantitative estimate of drug-likeness (QED) is 0.396. The first-order valence-electron chi connectivity index (χ1n) is 10.1. The van der Waals surface area contributed by atoms with Gasteiger partial charge in [-0.2, -0.15) is 0 Å². The molecular weight excluding hydrogens is 426 g/mol. The normalized spacial score (nSPS) is 11.1. The third-order valence-electron chi connectivity index (χ3n) is 4.99. The van der Waals surface area contributed by atoms with Crippen molar-refractivity contribution in [2.75, 3.05) is 7.11 Å². The minimum atomic E-state index is -0.475. The highest BCUT2D eigenvalue weighted by atomic mass is 32.2. The van der Waals surface area contributed by atoms with Crippen molar-refractivity contribution < 1.29 is 14.3 Å². The molecule has 0 aliphatic rings. The van der Waals surface area contributed by atoms with E-state index in [-0.39, 0.29) is 0 Å². The lowest BCUT2D eigenvalue weighted by Gasteiger charge is -2.17. The van der Waals surface area contributed by atoms with Crippen LogP contribution in [0, 0.1) is 0 Å². The van der Waals surface area contributed by atoms with Gasteiger partial charge < -0.3 is 14.3 Å². The van der Waals surface area contributed by atoms with Crippen LogP contribution in [0.3, 0.4) is 0 Å². The van der Waals surface area contributed by atoms with Gasteiger partial charge in [0.1, 0.15) is 17.8 Å². The van der Waals surface area contributed by atoms with Crippen LogP contribution >= 0.6 is 11.8 Å². The van der Waals surface area contributed by atoms with Gasteiger partial charge in [-0.25, -0.2) is 0 Å². The Morgan fingerprint density at radius 2 is 1.88 bits per heavy atom. The van der Waals surface area contributed by atoms with Crippen molar-refractivity contribution in [3.05, 3.63) is 82.4 Å². The van der Waals surface area contributed by atoms with Crippen LogP contribution in [-0.4, -0.2) is 27.0 Å². The zero-order valence-electron chi connectivity index (χ0n) is 18.0. The number of aromatic nitrogens is 3. The molecule has 0 saturated carbocycles. The van der Waals surface area contributed by atoms with E-state index in [2.05, 4.69) is 36.2 Å². The lowest BCUT2D eigenvalue weighted by atomic mass is 10.0. The number of rotatable bonds is 7. The van der Waals surface area contributed by atoms with Crippen molar-refractivity contribution in [3.8, 4) is 28.6 Å². The van der Waals surface area contributed by atoms with Gasteiger partial charge in [-0.1, -0.05) is 43.8 Å². The largest absolute Gasteiger partial charge is 0.502 e. The molecule has 0 radical (unpaired) electrons. The first-order valence-corrected chi connectivity index (χ1v) is 11.1. The highest BCUT2D eigenvalue weighted by molar-refractivity contribution is 7.98. The number of hydrogen-bond acceptors (Lipinski definition) is 7. The minimum absolute atomic E-state index is 0.297. The number of nitrogens with zero attached hydrogens (tertiary/aromatic N) is 3. The van der Waals surface area contributed by atoms with E-state index in [1.807, 2.05) is 41.0 Å². The molecule has 0 bridgehead atoms. The third kappa shape index (κ3) is 4.40. The molecule has 4 rings (SSSR count). The molecule has 2 aromatic heterocycles. The van der Waals surface area contributed by atoms with Crippen molar-refractivity contribution >= 4 is 11.8 Å². The maximum atomic E-state index is 11.7. The summed E-state index contributed by atoms with van der Waals surface area (Å²) < 4.78 is 12.7. The van der Waals surface area contributed by atoms with E-state index in [9.17, 15) is 9.90 Å². The maximum absolute atomic E-state index is 11.7. The maximum Gasteiger partial charge on any atom is 0.226 e. The summed E-state index contributed by atoms with van der Waals surface area (Å²) >= 11 is 1.40. The number of thioether (sulfide) groups is 1. The van der Waals surface area contributed by atoms with Gasteiger partial charge in [0.05, 0.1) is 18.6 Å². The second-order valence-electron chi connectivity index (χ2n) is 7.47. The molecule has 2 heterocycles. The monoisotopic (exact) mass is 449 g/mol. The number of hydrogen-bond donors (Lipinski definition) is 1. The Hall–Kier alpha value is -3.52. The number of ether oxygens (including phenoxy) is 1. The molecule has 1 N–H and O–H groups in total. The molecule has 0 spiro atoms. The van der Waals surface area contributed by atoms with Gasteiger partial charge >= 0.3 is 0 Å². The summed E-state index contributed by atoms with van der Waals surface area (Å²) in [6.45, 7) is 4.29. The van der Waals surface area contributed by atoms with Gasteiger partial charge in [0.2, 0.25) is 5.43 Å². The molecule has 0 unspecified atom stereocenters. The van der Waals surface area contributed by atoms with Crippen molar-refractivity contribution in [2.45, 2.75) is 30.7 Å². The zero-order valence-corrected chi connectivity index (χ0v) is 18.8. The van der Waals surface area contributed by atoms with E-state index in [1.165, 1.54) is 23.4 Å². The summed E-state index contributed by atoms with van der Waals surface area (Å²) in [7, 11) is 1.63. The minimum Gasteiger partial charge on any atom is -0.502 e. The summed E-state index contributed by atoms with van der Waals surface area (Å²) in [4.78, 5) is 11.7. The van der Waals surface area contributed by atoms with Gasteiger partial charge in [-0.3, -0.25) is 9.36 Å². The molecule has 0 aliphatic heterocycles. The molecule has 0 atom stereocenters. The van der Waals surface area contributed by atoms with Gasteiger partial charge in [0.25, 0.3) is 0 Å². The van der Waals surface area contributed by atoms with Crippen molar-refractivity contribution in [2.24, 2.45) is 0 Å². The van der Waals surface area contributed by atoms with Crippen LogP contribution < -0.4 is 10.2 Å². The molecule has 32 heavy (non-hydrogen) atoms. The Morgan fingerprint density at radius 1 is 1.12 bits per heavy atom. The van der Waals surface area contributed by atoms with Crippen LogP contribution in [0.2, 0.25) is 0 Å². The Balaban J connectivity index is 1.79. The molecule has 164 valence electrons. The van der Waals surface area contributed by atoms with Gasteiger partial charge in [-0.05, 0) is 41.8 Å². The van der Waals surface area contributed by atoms with Crippen molar-refractivity contribution in [1.82, 2.24) is 14.8 Å². The van der Waals surface area contributed by atoms with Crippen LogP contribution in [0.15, 0.2) is 75.2 Å². The van der Waals surface area contributed by atoms with E-state index in [4.69, 9.17) is 9.15 Å². The van der Waals surface area contributed by atoms with E-state index < -0.39 is 11.2 Å². The molecule has 8 heteroatoms. The Morgan fingerprint density at radius 3 is 2.56 bits per heavy atom. The number of aromatic hydroxyl groups is 1. The molecule has 0 fully saturated rings. The predicted octanol–water partition coefficient (Wildman–Crippen LogP) is 5.02. The average molecular weight is 450 g/mol. The zero-order chi connectivity index (χ0) is 22.7. The second-order valence-corrected chi connectivity index (χ2v) is 8.41. The number of para-hydroxylation sites is 1. The second kappa shape index (κ2) is 9.32. The highest BCUT2D eigenvalue weighted by Crippen LogP contribution is 2.33. The first-order chi connectivity index (χ1) is 15.5. The summed E-state index contributed by atoms with van der Waals surface area (Å²) in [5, 5.41) is 19.0. The highest BCUT2D eigenvalue weighted by Gasteiger charge is 2.20. The van der Waals surface area contributed by atoms with Crippen LogP contribution in [0.25, 0.3) is 17.1 Å². The van der Waals surface area contributed by atoms with Crippen LogP contribution in [-0.2, 0) is 5.75 Å². The summed E-state index contributed by atoms with van der Waals surface area (Å²) in [6.07, 6.45) is 1.06. The number of benzene rings is 2. The Kier molecular flexibility index (Phi) is 6.32. The van der Waals surface area contributed by atoms with Crippen LogP contribution in [0.5, 0.6) is 11.5 Å². The Bertz CT molecular complexity index is 1280. The molecule has 4 aromatic rings. The molecule has 0 saturated heterocycles. The van der Waals surface area contributed by atoms with Crippen LogP contribution in [0.1, 0.15) is 31.1 Å². The van der Waals surface area contributed by atoms with E-state index in [0.717, 1.165) is 23.3 Å². The van der Waals surface area contributed by atoms with E-state index in [0.29, 0.717) is 28.4 Å². The summed E-state index contributed by atoms with van der Waals surface area (Å²) in [6, 6.07) is 17.1. The molecule has 7 nitrogen and oxygen atoms in total. The molecule has 2 aromatic carbocycles. The molecule has 0 amide bonds. The third-order valence-corrected chi connectivity index (χ3v) is 5.94. The smallest absolute Gasteiger partial charge is 0.226 e.